The van der Waals surface area contributed by atoms with Crippen molar-refractivity contribution in [2.75, 3.05) is 30.5 Å². The lowest BCUT2D eigenvalue weighted by Gasteiger charge is -2.22. The lowest BCUT2D eigenvalue weighted by atomic mass is 10.2. The van der Waals surface area contributed by atoms with Crippen molar-refractivity contribution in [2.24, 2.45) is 0 Å². The number of amides is 2. The quantitative estimate of drug-likeness (QED) is 0.916. The van der Waals surface area contributed by atoms with Crippen molar-refractivity contribution in [3.63, 3.8) is 0 Å². The number of nitrogens with zero attached hydrogens (tertiary/aromatic N) is 1. The summed E-state index contributed by atoms with van der Waals surface area (Å²) in [7, 11) is 1.69. The van der Waals surface area contributed by atoms with Crippen molar-refractivity contribution in [3.05, 3.63) is 47.5 Å². The molecule has 2 aromatic rings. The monoisotopic (exact) mass is 318 g/mol. The summed E-state index contributed by atoms with van der Waals surface area (Å²) >= 11 is 5.83. The summed E-state index contributed by atoms with van der Waals surface area (Å²) in [5, 5.41) is 3.43. The lowest BCUT2D eigenvalue weighted by molar-refractivity contribution is 0.171. The van der Waals surface area contributed by atoms with Gasteiger partial charge in [0.25, 0.3) is 0 Å². The number of anilines is 2. The Kier molecular flexibility index (Phi) is 4.06. The highest BCUT2D eigenvalue weighted by Gasteiger charge is 2.16. The van der Waals surface area contributed by atoms with Gasteiger partial charge in [0.1, 0.15) is 13.2 Å². The summed E-state index contributed by atoms with van der Waals surface area (Å²) in [6, 6.07) is 12.1. The Hall–Kier alpha value is -2.40. The van der Waals surface area contributed by atoms with Crippen molar-refractivity contribution in [1.82, 2.24) is 0 Å². The highest BCUT2D eigenvalue weighted by atomic mass is 35.5. The van der Waals surface area contributed by atoms with Gasteiger partial charge in [0.05, 0.1) is 0 Å². The van der Waals surface area contributed by atoms with E-state index in [4.69, 9.17) is 21.1 Å². The van der Waals surface area contributed by atoms with E-state index in [2.05, 4.69) is 5.32 Å². The zero-order valence-electron chi connectivity index (χ0n) is 12.0. The van der Waals surface area contributed by atoms with Crippen LogP contribution in [0.1, 0.15) is 0 Å². The predicted octanol–water partition coefficient (Wildman–Crippen LogP) is 3.78. The standard InChI is InChI=1S/C16H15ClN2O3/c1-19(16(20)18-12-4-2-11(17)3-5-12)13-6-7-14-15(10-13)22-9-8-21-14/h2-7,10H,8-9H2,1H3,(H,18,20). The molecule has 0 radical (unpaired) electrons. The first-order chi connectivity index (χ1) is 10.6. The number of carbonyl (C=O) groups is 1. The molecule has 1 aliphatic rings. The molecule has 0 unspecified atom stereocenters. The molecule has 2 amide bonds. The second kappa shape index (κ2) is 6.15. The topological polar surface area (TPSA) is 50.8 Å². The first-order valence-corrected chi connectivity index (χ1v) is 7.21. The van der Waals surface area contributed by atoms with Crippen LogP contribution in [0.15, 0.2) is 42.5 Å². The maximum absolute atomic E-state index is 12.3. The minimum Gasteiger partial charge on any atom is -0.486 e. The molecule has 3 rings (SSSR count). The number of halogens is 1. The molecule has 0 saturated heterocycles. The van der Waals surface area contributed by atoms with Gasteiger partial charge in [-0.15, -0.1) is 0 Å². The third kappa shape index (κ3) is 3.09. The van der Waals surface area contributed by atoms with Crippen LogP contribution in [0.4, 0.5) is 16.2 Å². The first kappa shape index (κ1) is 14.5. The molecule has 22 heavy (non-hydrogen) atoms. The van der Waals surface area contributed by atoms with Crippen LogP contribution >= 0.6 is 11.6 Å². The van der Waals surface area contributed by atoms with E-state index in [0.29, 0.717) is 35.4 Å². The van der Waals surface area contributed by atoms with Gasteiger partial charge in [-0.05, 0) is 36.4 Å². The van der Waals surface area contributed by atoms with Crippen LogP contribution in [0.5, 0.6) is 11.5 Å². The number of urea groups is 1. The van der Waals surface area contributed by atoms with Gasteiger partial charge >= 0.3 is 6.03 Å². The van der Waals surface area contributed by atoms with Crippen LogP contribution in [0, 0.1) is 0 Å². The van der Waals surface area contributed by atoms with Crippen molar-refractivity contribution in [3.8, 4) is 11.5 Å². The van der Waals surface area contributed by atoms with Crippen molar-refractivity contribution in [1.29, 1.82) is 0 Å². The predicted molar refractivity (Wildman–Crippen MR) is 86.3 cm³/mol. The number of carbonyl (C=O) groups excluding carboxylic acids is 1. The first-order valence-electron chi connectivity index (χ1n) is 6.83. The second-order valence-electron chi connectivity index (χ2n) is 4.82. The van der Waals surface area contributed by atoms with E-state index in [9.17, 15) is 4.79 Å². The number of hydrogen-bond acceptors (Lipinski definition) is 3. The van der Waals surface area contributed by atoms with E-state index in [1.54, 1.807) is 43.4 Å². The Balaban J connectivity index is 1.73. The number of fused-ring (bicyclic) bond motifs is 1. The zero-order chi connectivity index (χ0) is 15.5. The van der Waals surface area contributed by atoms with Gasteiger partial charge in [-0.2, -0.15) is 0 Å². The normalized spacial score (nSPS) is 12.6. The largest absolute Gasteiger partial charge is 0.486 e. The summed E-state index contributed by atoms with van der Waals surface area (Å²) < 4.78 is 11.0. The second-order valence-corrected chi connectivity index (χ2v) is 5.26. The molecule has 6 heteroatoms. The van der Waals surface area contributed by atoms with Crippen molar-refractivity contribution >= 4 is 29.0 Å². The smallest absolute Gasteiger partial charge is 0.326 e. The van der Waals surface area contributed by atoms with Gasteiger partial charge in [-0.25, -0.2) is 4.79 Å². The molecule has 0 saturated carbocycles. The molecule has 1 aliphatic heterocycles. The highest BCUT2D eigenvalue weighted by Crippen LogP contribution is 2.33. The zero-order valence-corrected chi connectivity index (χ0v) is 12.8. The van der Waals surface area contributed by atoms with Gasteiger partial charge in [0, 0.05) is 29.5 Å². The third-order valence-electron chi connectivity index (χ3n) is 3.31. The van der Waals surface area contributed by atoms with E-state index in [1.807, 2.05) is 6.07 Å². The van der Waals surface area contributed by atoms with E-state index in [1.165, 1.54) is 4.90 Å². The Morgan fingerprint density at radius 3 is 2.50 bits per heavy atom. The molecule has 5 nitrogen and oxygen atoms in total. The summed E-state index contributed by atoms with van der Waals surface area (Å²) in [5.74, 6) is 1.34. The fraction of sp³-hybridized carbons (Fsp3) is 0.188. The van der Waals surface area contributed by atoms with Gasteiger partial charge in [0.2, 0.25) is 0 Å². The Morgan fingerprint density at radius 2 is 1.77 bits per heavy atom. The number of nitrogens with one attached hydrogen (secondary N) is 1. The molecule has 114 valence electrons. The Morgan fingerprint density at radius 1 is 1.09 bits per heavy atom. The van der Waals surface area contributed by atoms with Crippen LogP contribution < -0.4 is 19.7 Å². The Bertz CT molecular complexity index is 688. The average Bonchev–Trinajstić information content (AvgIpc) is 2.55. The van der Waals surface area contributed by atoms with Crippen molar-refractivity contribution in [2.45, 2.75) is 0 Å². The molecule has 1 heterocycles. The molecular formula is C16H15ClN2O3. The van der Waals surface area contributed by atoms with Crippen LogP contribution in [0.3, 0.4) is 0 Å². The van der Waals surface area contributed by atoms with Gasteiger partial charge in [0.15, 0.2) is 11.5 Å². The van der Waals surface area contributed by atoms with E-state index >= 15 is 0 Å². The number of hydrogen-bond donors (Lipinski definition) is 1. The van der Waals surface area contributed by atoms with Crippen molar-refractivity contribution < 1.29 is 14.3 Å². The van der Waals surface area contributed by atoms with Crippen LogP contribution in [0.2, 0.25) is 5.02 Å². The van der Waals surface area contributed by atoms with Gasteiger partial charge in [-0.1, -0.05) is 11.6 Å². The Labute approximate surface area is 133 Å². The number of ether oxygens (including phenoxy) is 2. The fourth-order valence-corrected chi connectivity index (χ4v) is 2.22. The highest BCUT2D eigenvalue weighted by molar-refractivity contribution is 6.30. The molecule has 0 aliphatic carbocycles. The molecule has 2 aromatic carbocycles. The maximum atomic E-state index is 12.3. The molecule has 1 N–H and O–H groups in total. The summed E-state index contributed by atoms with van der Waals surface area (Å²) in [5.41, 5.74) is 1.40. The van der Waals surface area contributed by atoms with Gasteiger partial charge < -0.3 is 14.8 Å². The summed E-state index contributed by atoms with van der Waals surface area (Å²) in [4.78, 5) is 13.8. The average molecular weight is 319 g/mol. The summed E-state index contributed by atoms with van der Waals surface area (Å²) in [6.07, 6.45) is 0. The maximum Gasteiger partial charge on any atom is 0.326 e. The molecule has 0 aromatic heterocycles. The molecule has 0 spiro atoms. The fourth-order valence-electron chi connectivity index (χ4n) is 2.10. The SMILES string of the molecule is CN(C(=O)Nc1ccc(Cl)cc1)c1ccc2c(c1)OCCO2. The number of rotatable bonds is 2. The van der Waals surface area contributed by atoms with Crippen LogP contribution in [-0.4, -0.2) is 26.3 Å². The minimum absolute atomic E-state index is 0.251. The summed E-state index contributed by atoms with van der Waals surface area (Å²) in [6.45, 7) is 1.05. The molecular weight excluding hydrogens is 304 g/mol. The van der Waals surface area contributed by atoms with Gasteiger partial charge in [-0.3, -0.25) is 4.90 Å². The van der Waals surface area contributed by atoms with E-state index in [0.717, 1.165) is 5.69 Å². The molecule has 0 atom stereocenters. The number of benzene rings is 2. The van der Waals surface area contributed by atoms with E-state index in [-0.39, 0.29) is 6.03 Å². The van der Waals surface area contributed by atoms with E-state index < -0.39 is 0 Å². The third-order valence-corrected chi connectivity index (χ3v) is 3.57. The lowest BCUT2D eigenvalue weighted by Crippen LogP contribution is -2.31. The van der Waals surface area contributed by atoms with Crippen LogP contribution in [-0.2, 0) is 0 Å². The molecule has 0 fully saturated rings. The minimum atomic E-state index is -0.251. The molecule has 0 bridgehead atoms. The van der Waals surface area contributed by atoms with Crippen LogP contribution in [0.25, 0.3) is 0 Å².